The van der Waals surface area contributed by atoms with Crippen LogP contribution >= 0.6 is 0 Å². The van der Waals surface area contributed by atoms with Gasteiger partial charge < -0.3 is 20.5 Å². The van der Waals surface area contributed by atoms with E-state index in [9.17, 15) is 4.79 Å². The van der Waals surface area contributed by atoms with Crippen molar-refractivity contribution in [1.29, 1.82) is 0 Å². The molecule has 3 unspecified atom stereocenters. The number of rotatable bonds is 6. The van der Waals surface area contributed by atoms with Crippen LogP contribution in [-0.2, 0) is 9.53 Å². The van der Waals surface area contributed by atoms with E-state index in [1.54, 1.807) is 0 Å². The summed E-state index contributed by atoms with van der Waals surface area (Å²) in [5.74, 6) is 0.710. The smallest absolute Gasteiger partial charge is 0.239 e. The normalized spacial score (nSPS) is 22.9. The molecular formula is C17H26N2O3. The molecule has 1 aromatic rings. The molecule has 1 fully saturated rings. The highest BCUT2D eigenvalue weighted by molar-refractivity contribution is 5.82. The van der Waals surface area contributed by atoms with Gasteiger partial charge in [0.05, 0.1) is 12.6 Å². The van der Waals surface area contributed by atoms with Crippen LogP contribution in [0.1, 0.15) is 31.2 Å². The Kier molecular flexibility index (Phi) is 6.21. The minimum Gasteiger partial charge on any atom is -0.488 e. The van der Waals surface area contributed by atoms with Gasteiger partial charge >= 0.3 is 0 Å². The fourth-order valence-electron chi connectivity index (χ4n) is 2.80. The lowest BCUT2D eigenvalue weighted by atomic mass is 9.92. The first kappa shape index (κ1) is 16.8. The highest BCUT2D eigenvalue weighted by Crippen LogP contribution is 2.26. The third-order valence-electron chi connectivity index (χ3n) is 4.09. The predicted octanol–water partition coefficient (Wildman–Crippen LogP) is 1.77. The Morgan fingerprint density at radius 2 is 2.09 bits per heavy atom. The van der Waals surface area contributed by atoms with Crippen molar-refractivity contribution < 1.29 is 14.3 Å². The SMILES string of the molecule is COCC(N)C(=O)NC1CCCCC1Oc1ccccc1C. The van der Waals surface area contributed by atoms with Gasteiger partial charge in [0.15, 0.2) is 0 Å². The van der Waals surface area contributed by atoms with Crippen molar-refractivity contribution in [2.45, 2.75) is 50.8 Å². The molecule has 3 atom stereocenters. The lowest BCUT2D eigenvalue weighted by Gasteiger charge is -2.33. The quantitative estimate of drug-likeness (QED) is 0.840. The molecule has 1 aromatic carbocycles. The third kappa shape index (κ3) is 4.45. The number of para-hydroxylation sites is 1. The van der Waals surface area contributed by atoms with Crippen LogP contribution in [0.2, 0.25) is 0 Å². The van der Waals surface area contributed by atoms with Crippen LogP contribution in [0.25, 0.3) is 0 Å². The van der Waals surface area contributed by atoms with Crippen molar-refractivity contribution >= 4 is 5.91 Å². The van der Waals surface area contributed by atoms with Crippen LogP contribution in [-0.4, -0.2) is 37.8 Å². The summed E-state index contributed by atoms with van der Waals surface area (Å²) in [7, 11) is 1.54. The van der Waals surface area contributed by atoms with E-state index >= 15 is 0 Å². The van der Waals surface area contributed by atoms with E-state index in [-0.39, 0.29) is 24.7 Å². The summed E-state index contributed by atoms with van der Waals surface area (Å²) in [6, 6.07) is 7.33. The van der Waals surface area contributed by atoms with Crippen LogP contribution < -0.4 is 15.8 Å². The lowest BCUT2D eigenvalue weighted by Crippen LogP contribution is -2.53. The van der Waals surface area contributed by atoms with Crippen LogP contribution in [0, 0.1) is 6.92 Å². The van der Waals surface area contributed by atoms with E-state index in [1.165, 1.54) is 7.11 Å². The number of ether oxygens (including phenoxy) is 2. The number of carbonyl (C=O) groups is 1. The van der Waals surface area contributed by atoms with Crippen molar-refractivity contribution in [1.82, 2.24) is 5.32 Å². The zero-order valence-electron chi connectivity index (χ0n) is 13.4. The topological polar surface area (TPSA) is 73.6 Å². The van der Waals surface area contributed by atoms with E-state index in [0.717, 1.165) is 37.0 Å². The first-order valence-electron chi connectivity index (χ1n) is 7.89. The maximum atomic E-state index is 12.1. The highest BCUT2D eigenvalue weighted by Gasteiger charge is 2.29. The van der Waals surface area contributed by atoms with Gasteiger partial charge in [0.1, 0.15) is 17.9 Å². The summed E-state index contributed by atoms with van der Waals surface area (Å²) < 4.78 is 11.1. The minimum atomic E-state index is -0.633. The summed E-state index contributed by atoms with van der Waals surface area (Å²) in [5.41, 5.74) is 6.89. The fraction of sp³-hybridized carbons (Fsp3) is 0.588. The average Bonchev–Trinajstić information content (AvgIpc) is 2.51. The predicted molar refractivity (Wildman–Crippen MR) is 85.8 cm³/mol. The Morgan fingerprint density at radius 1 is 1.36 bits per heavy atom. The Bertz CT molecular complexity index is 493. The number of aryl methyl sites for hydroxylation is 1. The number of benzene rings is 1. The molecule has 0 saturated heterocycles. The molecule has 5 nitrogen and oxygen atoms in total. The Hall–Kier alpha value is -1.59. The molecule has 0 radical (unpaired) electrons. The number of nitrogens with one attached hydrogen (secondary N) is 1. The Balaban J connectivity index is 1.99. The largest absolute Gasteiger partial charge is 0.488 e. The zero-order chi connectivity index (χ0) is 15.9. The van der Waals surface area contributed by atoms with Gasteiger partial charge in [-0.2, -0.15) is 0 Å². The lowest BCUT2D eigenvalue weighted by molar-refractivity contribution is -0.125. The van der Waals surface area contributed by atoms with Gasteiger partial charge in [-0.05, 0) is 37.8 Å². The molecule has 0 heterocycles. The molecule has 3 N–H and O–H groups in total. The second kappa shape index (κ2) is 8.15. The van der Waals surface area contributed by atoms with Crippen LogP contribution in [0.5, 0.6) is 5.75 Å². The summed E-state index contributed by atoms with van der Waals surface area (Å²) >= 11 is 0. The van der Waals surface area contributed by atoms with Gasteiger partial charge in [0.2, 0.25) is 5.91 Å². The van der Waals surface area contributed by atoms with Gasteiger partial charge in [0.25, 0.3) is 0 Å². The van der Waals surface area contributed by atoms with Gasteiger partial charge in [-0.1, -0.05) is 24.6 Å². The summed E-state index contributed by atoms with van der Waals surface area (Å²) in [6.07, 6.45) is 4.07. The molecule has 0 aromatic heterocycles. The molecule has 5 heteroatoms. The number of nitrogens with two attached hydrogens (primary N) is 1. The number of methoxy groups -OCH3 is 1. The van der Waals surface area contributed by atoms with Crippen LogP contribution in [0.4, 0.5) is 0 Å². The second-order valence-corrected chi connectivity index (χ2v) is 5.88. The summed E-state index contributed by atoms with van der Waals surface area (Å²) in [4.78, 5) is 12.1. The standard InChI is InChI=1S/C17H26N2O3/c1-12-7-3-5-9-15(12)22-16-10-6-4-8-14(16)19-17(20)13(18)11-21-2/h3,5,7,9,13-14,16H,4,6,8,10-11,18H2,1-2H3,(H,19,20). The number of hydrogen-bond donors (Lipinski definition) is 2. The molecule has 1 aliphatic rings. The molecule has 0 aliphatic heterocycles. The van der Waals surface area contributed by atoms with E-state index in [4.69, 9.17) is 15.2 Å². The highest BCUT2D eigenvalue weighted by atomic mass is 16.5. The van der Waals surface area contributed by atoms with Crippen molar-refractivity contribution in [3.8, 4) is 5.75 Å². The molecular weight excluding hydrogens is 280 g/mol. The molecule has 0 spiro atoms. The molecule has 1 aliphatic carbocycles. The van der Waals surface area contributed by atoms with Crippen molar-refractivity contribution in [3.05, 3.63) is 29.8 Å². The van der Waals surface area contributed by atoms with Crippen LogP contribution in [0.15, 0.2) is 24.3 Å². The summed E-state index contributed by atoms with van der Waals surface area (Å²) in [5, 5.41) is 3.02. The average molecular weight is 306 g/mol. The molecule has 2 rings (SSSR count). The Morgan fingerprint density at radius 3 is 2.82 bits per heavy atom. The van der Waals surface area contributed by atoms with Gasteiger partial charge in [-0.25, -0.2) is 0 Å². The zero-order valence-corrected chi connectivity index (χ0v) is 13.4. The van der Waals surface area contributed by atoms with E-state index < -0.39 is 6.04 Å². The Labute approximate surface area is 132 Å². The van der Waals surface area contributed by atoms with Crippen molar-refractivity contribution in [3.63, 3.8) is 0 Å². The monoisotopic (exact) mass is 306 g/mol. The molecule has 1 saturated carbocycles. The van der Waals surface area contributed by atoms with Crippen LogP contribution in [0.3, 0.4) is 0 Å². The third-order valence-corrected chi connectivity index (χ3v) is 4.09. The van der Waals surface area contributed by atoms with E-state index in [2.05, 4.69) is 5.32 Å². The minimum absolute atomic E-state index is 0.00348. The number of amides is 1. The van der Waals surface area contributed by atoms with E-state index in [1.807, 2.05) is 31.2 Å². The van der Waals surface area contributed by atoms with E-state index in [0.29, 0.717) is 0 Å². The second-order valence-electron chi connectivity index (χ2n) is 5.88. The first-order valence-corrected chi connectivity index (χ1v) is 7.89. The maximum Gasteiger partial charge on any atom is 0.239 e. The number of hydrogen-bond acceptors (Lipinski definition) is 4. The molecule has 0 bridgehead atoms. The van der Waals surface area contributed by atoms with Gasteiger partial charge in [0, 0.05) is 7.11 Å². The van der Waals surface area contributed by atoms with Crippen molar-refractivity contribution in [2.24, 2.45) is 5.73 Å². The summed E-state index contributed by atoms with van der Waals surface area (Å²) in [6.45, 7) is 2.25. The maximum absolute atomic E-state index is 12.1. The molecule has 122 valence electrons. The van der Waals surface area contributed by atoms with Gasteiger partial charge in [-0.3, -0.25) is 4.79 Å². The van der Waals surface area contributed by atoms with Gasteiger partial charge in [-0.15, -0.1) is 0 Å². The fourth-order valence-corrected chi connectivity index (χ4v) is 2.80. The first-order chi connectivity index (χ1) is 10.6. The molecule has 1 amide bonds. The molecule has 22 heavy (non-hydrogen) atoms. The number of carbonyl (C=O) groups excluding carboxylic acids is 1. The van der Waals surface area contributed by atoms with Crippen molar-refractivity contribution in [2.75, 3.05) is 13.7 Å².